The summed E-state index contributed by atoms with van der Waals surface area (Å²) in [6.07, 6.45) is -0.127. The number of carbonyl (C=O) groups excluding carboxylic acids is 3. The van der Waals surface area contributed by atoms with E-state index < -0.39 is 35.3 Å². The van der Waals surface area contributed by atoms with Gasteiger partial charge in [-0.05, 0) is 12.8 Å². The monoisotopic (exact) mass is 249 g/mol. The number of hydrogen-bond acceptors (Lipinski definition) is 6. The summed E-state index contributed by atoms with van der Waals surface area (Å²) in [6.45, 7) is 1.13. The highest BCUT2D eigenvalue weighted by molar-refractivity contribution is 6.32. The summed E-state index contributed by atoms with van der Waals surface area (Å²) in [6, 6.07) is 2.06. The van der Waals surface area contributed by atoms with Gasteiger partial charge in [-0.3, -0.25) is 9.59 Å². The van der Waals surface area contributed by atoms with Crippen molar-refractivity contribution in [2.24, 2.45) is 17.3 Å². The molecule has 1 saturated heterocycles. The van der Waals surface area contributed by atoms with E-state index in [9.17, 15) is 19.6 Å². The lowest BCUT2D eigenvalue weighted by Crippen LogP contribution is -2.40. The van der Waals surface area contributed by atoms with Crippen molar-refractivity contribution in [3.63, 3.8) is 0 Å². The van der Waals surface area contributed by atoms with Crippen LogP contribution >= 0.6 is 0 Å². The van der Waals surface area contributed by atoms with E-state index in [4.69, 9.17) is 9.47 Å². The van der Waals surface area contributed by atoms with Crippen LogP contribution in [0.15, 0.2) is 0 Å². The third-order valence-corrected chi connectivity index (χ3v) is 4.30. The predicted molar refractivity (Wildman–Crippen MR) is 54.7 cm³/mol. The fourth-order valence-electron chi connectivity index (χ4n) is 3.49. The Morgan fingerprint density at radius 3 is 2.89 bits per heavy atom. The van der Waals surface area contributed by atoms with E-state index in [1.54, 1.807) is 0 Å². The number of carbonyl (C=O) groups is 3. The van der Waals surface area contributed by atoms with Crippen LogP contribution in [-0.4, -0.2) is 29.9 Å². The topological polar surface area (TPSA) is 93.5 Å². The van der Waals surface area contributed by atoms with Crippen LogP contribution in [0.4, 0.5) is 0 Å². The van der Waals surface area contributed by atoms with Gasteiger partial charge in [-0.15, -0.1) is 0 Å². The third-order valence-electron chi connectivity index (χ3n) is 4.30. The van der Waals surface area contributed by atoms with E-state index in [1.807, 2.05) is 0 Å². The van der Waals surface area contributed by atoms with Gasteiger partial charge in [0.25, 0.3) is 0 Å². The molecule has 0 N–H and O–H groups in total. The molecule has 0 aromatic heterocycles. The molecule has 5 atom stereocenters. The van der Waals surface area contributed by atoms with Crippen molar-refractivity contribution in [3.8, 4) is 6.07 Å². The van der Waals surface area contributed by atoms with Gasteiger partial charge in [0.05, 0.1) is 6.07 Å². The number of rotatable bonds is 2. The van der Waals surface area contributed by atoms with Gasteiger partial charge in [0.2, 0.25) is 5.78 Å². The molecular formula is C12H11NO5. The number of nitrogens with zero attached hydrogens (tertiary/aromatic N) is 1. The Hall–Kier alpha value is -1.90. The van der Waals surface area contributed by atoms with Gasteiger partial charge < -0.3 is 9.47 Å². The van der Waals surface area contributed by atoms with Crippen LogP contribution in [0.1, 0.15) is 19.8 Å². The molecule has 3 fully saturated rings. The Balaban J connectivity index is 1.85. The molecule has 6 heteroatoms. The van der Waals surface area contributed by atoms with Gasteiger partial charge >= 0.3 is 11.9 Å². The zero-order valence-corrected chi connectivity index (χ0v) is 9.71. The van der Waals surface area contributed by atoms with Gasteiger partial charge in [0.1, 0.15) is 12.2 Å². The summed E-state index contributed by atoms with van der Waals surface area (Å²) in [4.78, 5) is 34.0. The molecule has 18 heavy (non-hydrogen) atoms. The van der Waals surface area contributed by atoms with Crippen molar-refractivity contribution in [3.05, 3.63) is 0 Å². The molecule has 94 valence electrons. The van der Waals surface area contributed by atoms with E-state index in [0.717, 1.165) is 6.92 Å². The predicted octanol–water partition coefficient (Wildman–Crippen LogP) is -0.0376. The van der Waals surface area contributed by atoms with Crippen LogP contribution in [0.25, 0.3) is 0 Å². The second-order valence-corrected chi connectivity index (χ2v) is 5.19. The number of ketones is 1. The second-order valence-electron chi connectivity index (χ2n) is 5.19. The molecule has 5 unspecified atom stereocenters. The molecule has 2 aliphatic carbocycles. The first-order chi connectivity index (χ1) is 8.49. The molecule has 0 spiro atoms. The van der Waals surface area contributed by atoms with Crippen molar-refractivity contribution in [2.45, 2.75) is 32.0 Å². The lowest BCUT2D eigenvalue weighted by Gasteiger charge is -2.27. The zero-order chi connectivity index (χ0) is 13.1. The fourth-order valence-corrected chi connectivity index (χ4v) is 3.49. The Morgan fingerprint density at radius 1 is 1.56 bits per heavy atom. The Kier molecular flexibility index (Phi) is 2.06. The van der Waals surface area contributed by atoms with Gasteiger partial charge in [-0.25, -0.2) is 4.79 Å². The molecule has 0 amide bonds. The first-order valence-corrected chi connectivity index (χ1v) is 5.83. The molecule has 0 aromatic carbocycles. The van der Waals surface area contributed by atoms with Crippen molar-refractivity contribution in [2.75, 3.05) is 0 Å². The first-order valence-electron chi connectivity index (χ1n) is 5.83. The maximum absolute atomic E-state index is 11.8. The average Bonchev–Trinajstić information content (AvgIpc) is 2.90. The van der Waals surface area contributed by atoms with E-state index in [2.05, 4.69) is 6.07 Å². The number of nitriles is 1. The minimum atomic E-state index is -1.05. The van der Waals surface area contributed by atoms with Crippen LogP contribution in [0.2, 0.25) is 0 Å². The van der Waals surface area contributed by atoms with Crippen molar-refractivity contribution < 1.29 is 23.9 Å². The van der Waals surface area contributed by atoms with Gasteiger partial charge in [0.15, 0.2) is 5.41 Å². The molecule has 0 aromatic rings. The molecule has 2 bridgehead atoms. The number of fused-ring (bicyclic) bond motifs is 1. The van der Waals surface area contributed by atoms with Crippen LogP contribution in [0, 0.1) is 28.6 Å². The molecule has 0 radical (unpaired) electrons. The molecule has 3 aliphatic rings. The summed E-state index contributed by atoms with van der Waals surface area (Å²) in [5, 5.41) is 9.18. The average molecular weight is 249 g/mol. The largest absolute Gasteiger partial charge is 0.457 e. The van der Waals surface area contributed by atoms with Crippen molar-refractivity contribution in [1.29, 1.82) is 5.26 Å². The maximum Gasteiger partial charge on any atom is 0.374 e. The first kappa shape index (κ1) is 11.2. The highest BCUT2D eigenvalue weighted by Crippen LogP contribution is 2.62. The van der Waals surface area contributed by atoms with Crippen molar-refractivity contribution >= 4 is 17.7 Å². The quantitative estimate of drug-likeness (QED) is 0.503. The molecule has 2 saturated carbocycles. The van der Waals surface area contributed by atoms with Crippen molar-refractivity contribution in [1.82, 2.24) is 0 Å². The number of esters is 2. The minimum absolute atomic E-state index is 0.0607. The smallest absolute Gasteiger partial charge is 0.374 e. The lowest BCUT2D eigenvalue weighted by atomic mass is 9.75. The van der Waals surface area contributed by atoms with Gasteiger partial charge in [-0.1, -0.05) is 0 Å². The Morgan fingerprint density at radius 2 is 2.28 bits per heavy atom. The Labute approximate surface area is 103 Å². The van der Waals surface area contributed by atoms with Crippen LogP contribution < -0.4 is 0 Å². The van der Waals surface area contributed by atoms with E-state index in [0.29, 0.717) is 12.8 Å². The Bertz CT molecular complexity index is 507. The number of hydrogen-bond donors (Lipinski definition) is 0. The third kappa shape index (κ3) is 1.14. The van der Waals surface area contributed by atoms with E-state index in [-0.39, 0.29) is 11.8 Å². The van der Waals surface area contributed by atoms with E-state index >= 15 is 0 Å². The molecule has 6 nitrogen and oxygen atoms in total. The summed E-state index contributed by atoms with van der Waals surface area (Å²) in [7, 11) is 0. The normalized spacial score (nSPS) is 43.4. The fraction of sp³-hybridized carbons (Fsp3) is 0.667. The lowest BCUT2D eigenvalue weighted by molar-refractivity contribution is -0.165. The SMILES string of the molecule is CC(=O)C(=O)OC1C2CC3C1OC(=O)C3(C#N)C2. The molecule has 1 aliphatic heterocycles. The highest BCUT2D eigenvalue weighted by Gasteiger charge is 2.72. The van der Waals surface area contributed by atoms with Gasteiger partial charge in [0, 0.05) is 18.8 Å². The summed E-state index contributed by atoms with van der Waals surface area (Å²) in [5.74, 6) is -2.35. The summed E-state index contributed by atoms with van der Waals surface area (Å²) < 4.78 is 10.3. The van der Waals surface area contributed by atoms with Gasteiger partial charge in [-0.2, -0.15) is 5.26 Å². The van der Waals surface area contributed by atoms with Crippen LogP contribution in [-0.2, 0) is 23.9 Å². The van der Waals surface area contributed by atoms with Crippen LogP contribution in [0.5, 0.6) is 0 Å². The van der Waals surface area contributed by atoms with Crippen LogP contribution in [0.3, 0.4) is 0 Å². The number of ether oxygens (including phenoxy) is 2. The standard InChI is InChI=1S/C12H11NO5/c1-5(14)10(15)17-8-6-2-7-9(8)18-11(16)12(7,3-6)4-13/h6-9H,2-3H2,1H3. The highest BCUT2D eigenvalue weighted by atomic mass is 16.6. The summed E-state index contributed by atoms with van der Waals surface area (Å²) in [5.41, 5.74) is -1.05. The molecule has 3 rings (SSSR count). The maximum atomic E-state index is 11.8. The molecular weight excluding hydrogens is 238 g/mol. The number of Topliss-reactive ketones (excluding diaryl/α,β-unsaturated/α-hetero) is 1. The minimum Gasteiger partial charge on any atom is -0.457 e. The summed E-state index contributed by atoms with van der Waals surface area (Å²) >= 11 is 0. The zero-order valence-electron chi connectivity index (χ0n) is 9.71. The van der Waals surface area contributed by atoms with E-state index in [1.165, 1.54) is 0 Å². The second kappa shape index (κ2) is 3.31. The molecule has 1 heterocycles.